The first-order valence-electron chi connectivity index (χ1n) is 6.09. The van der Waals surface area contributed by atoms with Gasteiger partial charge in [-0.2, -0.15) is 0 Å². The minimum Gasteiger partial charge on any atom is -0.481 e. The van der Waals surface area contributed by atoms with Crippen LogP contribution in [0.4, 0.5) is 4.79 Å². The minimum absolute atomic E-state index is 0.0675. The largest absolute Gasteiger partial charge is 0.481 e. The number of carboxylic acid groups (broad SMARTS) is 1. The van der Waals surface area contributed by atoms with Gasteiger partial charge in [-0.3, -0.25) is 4.79 Å². The molecule has 2 rings (SSSR count). The van der Waals surface area contributed by atoms with Crippen molar-refractivity contribution in [3.05, 3.63) is 34.3 Å². The van der Waals surface area contributed by atoms with Crippen molar-refractivity contribution >= 4 is 23.6 Å². The van der Waals surface area contributed by atoms with Crippen LogP contribution in [0.2, 0.25) is 5.02 Å². The van der Waals surface area contributed by atoms with E-state index in [0.29, 0.717) is 13.1 Å². The number of nitrogens with one attached hydrogen (secondary N) is 1. The highest BCUT2D eigenvalue weighted by molar-refractivity contribution is 6.31. The highest BCUT2D eigenvalue weighted by Crippen LogP contribution is 2.25. The molecule has 1 aromatic carbocycles. The Morgan fingerprint density at radius 1 is 1.42 bits per heavy atom. The average molecular weight is 283 g/mol. The number of aliphatic carboxylic acids is 1. The maximum Gasteiger partial charge on any atom is 0.317 e. The van der Waals surface area contributed by atoms with Gasteiger partial charge in [0.05, 0.1) is 6.42 Å². The summed E-state index contributed by atoms with van der Waals surface area (Å²) in [5, 5.41) is 11.9. The molecule has 19 heavy (non-hydrogen) atoms. The monoisotopic (exact) mass is 282 g/mol. The average Bonchev–Trinajstić information content (AvgIpc) is 2.38. The van der Waals surface area contributed by atoms with Gasteiger partial charge >= 0.3 is 12.0 Å². The number of carbonyl (C=O) groups excluding carboxylic acids is 1. The number of amides is 2. The van der Waals surface area contributed by atoms with Gasteiger partial charge in [-0.1, -0.05) is 23.7 Å². The Labute approximate surface area is 116 Å². The SMILES string of the molecule is O=C(O)CCNC(=O)N1CCc2c(Cl)cccc2C1. The van der Waals surface area contributed by atoms with Crippen LogP contribution in [0.5, 0.6) is 0 Å². The first kappa shape index (κ1) is 13.7. The van der Waals surface area contributed by atoms with E-state index >= 15 is 0 Å². The van der Waals surface area contributed by atoms with Gasteiger partial charge in [-0.05, 0) is 23.6 Å². The number of nitrogens with zero attached hydrogens (tertiary/aromatic N) is 1. The lowest BCUT2D eigenvalue weighted by molar-refractivity contribution is -0.136. The van der Waals surface area contributed by atoms with E-state index < -0.39 is 5.97 Å². The van der Waals surface area contributed by atoms with Crippen molar-refractivity contribution in [3.63, 3.8) is 0 Å². The first-order chi connectivity index (χ1) is 9.08. The van der Waals surface area contributed by atoms with E-state index in [1.54, 1.807) is 4.90 Å². The number of halogens is 1. The van der Waals surface area contributed by atoms with Crippen molar-refractivity contribution in [2.75, 3.05) is 13.1 Å². The van der Waals surface area contributed by atoms with Gasteiger partial charge in [0.25, 0.3) is 0 Å². The highest BCUT2D eigenvalue weighted by Gasteiger charge is 2.21. The van der Waals surface area contributed by atoms with Crippen LogP contribution in [-0.2, 0) is 17.8 Å². The molecule has 0 saturated heterocycles. The van der Waals surface area contributed by atoms with E-state index in [1.165, 1.54) is 0 Å². The molecular weight excluding hydrogens is 268 g/mol. The highest BCUT2D eigenvalue weighted by atomic mass is 35.5. The third-order valence-electron chi connectivity index (χ3n) is 3.11. The number of carbonyl (C=O) groups is 2. The molecule has 2 N–H and O–H groups in total. The summed E-state index contributed by atoms with van der Waals surface area (Å²) in [7, 11) is 0. The topological polar surface area (TPSA) is 69.6 Å². The fraction of sp³-hybridized carbons (Fsp3) is 0.385. The van der Waals surface area contributed by atoms with E-state index in [4.69, 9.17) is 16.7 Å². The molecule has 1 aromatic rings. The predicted molar refractivity (Wildman–Crippen MR) is 71.2 cm³/mol. The van der Waals surface area contributed by atoms with E-state index in [1.807, 2.05) is 18.2 Å². The van der Waals surface area contributed by atoms with Crippen LogP contribution in [0, 0.1) is 0 Å². The zero-order valence-corrected chi connectivity index (χ0v) is 11.1. The Bertz CT molecular complexity index is 505. The maximum atomic E-state index is 11.9. The molecule has 1 heterocycles. The van der Waals surface area contributed by atoms with E-state index in [9.17, 15) is 9.59 Å². The lowest BCUT2D eigenvalue weighted by Gasteiger charge is -2.29. The summed E-state index contributed by atoms with van der Waals surface area (Å²) in [6, 6.07) is 5.44. The van der Waals surface area contributed by atoms with Gasteiger partial charge in [-0.25, -0.2) is 4.79 Å². The standard InChI is InChI=1S/C13H15ClN2O3/c14-11-3-1-2-9-8-16(7-5-10(9)11)13(19)15-6-4-12(17)18/h1-3H,4-8H2,(H,15,19)(H,17,18). The van der Waals surface area contributed by atoms with Gasteiger partial charge < -0.3 is 15.3 Å². The molecule has 1 aliphatic rings. The molecule has 0 spiro atoms. The Balaban J connectivity index is 1.94. The zero-order chi connectivity index (χ0) is 13.8. The molecule has 6 heteroatoms. The van der Waals surface area contributed by atoms with Gasteiger partial charge in [0.1, 0.15) is 0 Å². The van der Waals surface area contributed by atoms with Crippen molar-refractivity contribution < 1.29 is 14.7 Å². The quantitative estimate of drug-likeness (QED) is 0.889. The molecule has 0 radical (unpaired) electrons. The van der Waals surface area contributed by atoms with Crippen LogP contribution < -0.4 is 5.32 Å². The number of rotatable bonds is 3. The lowest BCUT2D eigenvalue weighted by atomic mass is 10.00. The summed E-state index contributed by atoms with van der Waals surface area (Å²) in [5.41, 5.74) is 2.14. The van der Waals surface area contributed by atoms with Crippen LogP contribution >= 0.6 is 11.6 Å². The molecule has 0 fully saturated rings. The second kappa shape index (κ2) is 5.93. The molecule has 102 valence electrons. The number of urea groups is 1. The molecule has 0 bridgehead atoms. The molecule has 0 aliphatic carbocycles. The van der Waals surface area contributed by atoms with Crippen molar-refractivity contribution in [3.8, 4) is 0 Å². The van der Waals surface area contributed by atoms with Crippen molar-refractivity contribution in [2.45, 2.75) is 19.4 Å². The Morgan fingerprint density at radius 3 is 2.95 bits per heavy atom. The molecule has 2 amide bonds. The third-order valence-corrected chi connectivity index (χ3v) is 3.47. The summed E-state index contributed by atoms with van der Waals surface area (Å²) >= 11 is 6.10. The van der Waals surface area contributed by atoms with E-state index in [-0.39, 0.29) is 19.0 Å². The van der Waals surface area contributed by atoms with Gasteiger partial charge in [0, 0.05) is 24.7 Å². The van der Waals surface area contributed by atoms with Crippen LogP contribution in [-0.4, -0.2) is 35.1 Å². The molecule has 0 unspecified atom stereocenters. The zero-order valence-electron chi connectivity index (χ0n) is 10.4. The summed E-state index contributed by atoms with van der Waals surface area (Å²) in [5.74, 6) is -0.920. The van der Waals surface area contributed by atoms with E-state index in [2.05, 4.69) is 5.32 Å². The molecule has 1 aliphatic heterocycles. The molecule has 0 aromatic heterocycles. The van der Waals surface area contributed by atoms with Crippen LogP contribution in [0.25, 0.3) is 0 Å². The third kappa shape index (κ3) is 3.38. The fourth-order valence-corrected chi connectivity index (χ4v) is 2.41. The summed E-state index contributed by atoms with van der Waals surface area (Å²) in [4.78, 5) is 23.9. The van der Waals surface area contributed by atoms with Crippen molar-refractivity contribution in [2.24, 2.45) is 0 Å². The molecule has 5 nitrogen and oxygen atoms in total. The Morgan fingerprint density at radius 2 is 2.21 bits per heavy atom. The predicted octanol–water partition coefficient (Wildman–Crippen LogP) is 1.88. The summed E-state index contributed by atoms with van der Waals surface area (Å²) in [6.07, 6.45) is 0.656. The number of carboxylic acids is 1. The maximum absolute atomic E-state index is 11.9. The lowest BCUT2D eigenvalue weighted by Crippen LogP contribution is -2.43. The molecule has 0 atom stereocenters. The first-order valence-corrected chi connectivity index (χ1v) is 6.46. The van der Waals surface area contributed by atoms with Crippen molar-refractivity contribution in [1.82, 2.24) is 10.2 Å². The van der Waals surface area contributed by atoms with Gasteiger partial charge in [0.15, 0.2) is 0 Å². The van der Waals surface area contributed by atoms with Crippen LogP contribution in [0.3, 0.4) is 0 Å². The van der Waals surface area contributed by atoms with Gasteiger partial charge in [-0.15, -0.1) is 0 Å². The summed E-state index contributed by atoms with van der Waals surface area (Å²) in [6.45, 7) is 1.25. The molecule has 0 saturated carbocycles. The summed E-state index contributed by atoms with van der Waals surface area (Å²) < 4.78 is 0. The number of fused-ring (bicyclic) bond motifs is 1. The van der Waals surface area contributed by atoms with Crippen molar-refractivity contribution in [1.29, 1.82) is 0 Å². The fourth-order valence-electron chi connectivity index (χ4n) is 2.12. The normalized spacial score (nSPS) is 13.8. The van der Waals surface area contributed by atoms with Crippen LogP contribution in [0.15, 0.2) is 18.2 Å². The number of benzene rings is 1. The Kier molecular flexibility index (Phi) is 4.27. The number of hydrogen-bond donors (Lipinski definition) is 2. The van der Waals surface area contributed by atoms with Gasteiger partial charge in [0.2, 0.25) is 0 Å². The number of hydrogen-bond acceptors (Lipinski definition) is 2. The second-order valence-corrected chi connectivity index (χ2v) is 4.83. The smallest absolute Gasteiger partial charge is 0.317 e. The van der Waals surface area contributed by atoms with E-state index in [0.717, 1.165) is 22.6 Å². The van der Waals surface area contributed by atoms with Crippen LogP contribution in [0.1, 0.15) is 17.5 Å². The minimum atomic E-state index is -0.920. The second-order valence-electron chi connectivity index (χ2n) is 4.42. The Hall–Kier alpha value is -1.75. The molecular formula is C13H15ClN2O3.